The summed E-state index contributed by atoms with van der Waals surface area (Å²) in [5.41, 5.74) is 1.29. The first-order chi connectivity index (χ1) is 11.7. The number of hydrogen-bond acceptors (Lipinski definition) is 2. The number of ether oxygens (including phenoxy) is 1. The van der Waals surface area contributed by atoms with E-state index in [4.69, 9.17) is 21.4 Å². The predicted octanol–water partition coefficient (Wildman–Crippen LogP) is 0.408. The minimum absolute atomic E-state index is 0.286. The minimum Gasteiger partial charge on any atom is -0.457 e. The van der Waals surface area contributed by atoms with Crippen LogP contribution in [-0.2, 0) is 6.54 Å². The summed E-state index contributed by atoms with van der Waals surface area (Å²) in [5, 5.41) is 9.75. The van der Waals surface area contributed by atoms with Gasteiger partial charge < -0.3 is 19.6 Å². The van der Waals surface area contributed by atoms with Crippen molar-refractivity contribution in [2.75, 3.05) is 39.3 Å². The zero-order chi connectivity index (χ0) is 16.8. The fraction of sp³-hybridized carbons (Fsp3) is 0.368. The zero-order valence-corrected chi connectivity index (χ0v) is 14.6. The fourth-order valence-electron chi connectivity index (χ4n) is 3.19. The van der Waals surface area contributed by atoms with E-state index in [0.717, 1.165) is 50.8 Å². The van der Waals surface area contributed by atoms with Crippen molar-refractivity contribution in [1.82, 2.24) is 0 Å². The van der Waals surface area contributed by atoms with Gasteiger partial charge in [0.05, 0.1) is 6.61 Å². The van der Waals surface area contributed by atoms with Crippen molar-refractivity contribution < 1.29 is 19.6 Å². The molecule has 0 radical (unpaired) electrons. The van der Waals surface area contributed by atoms with Crippen LogP contribution in [0.4, 0.5) is 0 Å². The molecule has 0 spiro atoms. The molecule has 3 N–H and O–H groups in total. The molecule has 0 saturated carbocycles. The molecular weight excluding hydrogens is 324 g/mol. The van der Waals surface area contributed by atoms with Crippen molar-refractivity contribution in [1.29, 1.82) is 0 Å². The van der Waals surface area contributed by atoms with E-state index in [-0.39, 0.29) is 6.61 Å². The lowest BCUT2D eigenvalue weighted by molar-refractivity contribution is -1.02. The lowest BCUT2D eigenvalue weighted by Crippen LogP contribution is -3.27. The summed E-state index contributed by atoms with van der Waals surface area (Å²) in [4.78, 5) is 3.11. The van der Waals surface area contributed by atoms with Crippen LogP contribution in [0.1, 0.15) is 5.56 Å². The largest absolute Gasteiger partial charge is 0.457 e. The lowest BCUT2D eigenvalue weighted by atomic mass is 10.2. The van der Waals surface area contributed by atoms with E-state index < -0.39 is 0 Å². The summed E-state index contributed by atoms with van der Waals surface area (Å²) >= 11 is 5.90. The Morgan fingerprint density at radius 1 is 0.917 bits per heavy atom. The molecule has 1 aliphatic heterocycles. The van der Waals surface area contributed by atoms with Crippen LogP contribution in [0.3, 0.4) is 0 Å². The average Bonchev–Trinajstić information content (AvgIpc) is 2.59. The third kappa shape index (κ3) is 4.95. The molecule has 1 aliphatic rings. The van der Waals surface area contributed by atoms with Gasteiger partial charge in [-0.2, -0.15) is 0 Å². The number of benzene rings is 2. The Morgan fingerprint density at radius 3 is 2.33 bits per heavy atom. The summed E-state index contributed by atoms with van der Waals surface area (Å²) in [6.07, 6.45) is 0. The van der Waals surface area contributed by atoms with Crippen molar-refractivity contribution in [2.24, 2.45) is 0 Å². The molecule has 4 nitrogen and oxygen atoms in total. The Morgan fingerprint density at radius 2 is 1.62 bits per heavy atom. The van der Waals surface area contributed by atoms with Crippen molar-refractivity contribution >= 4 is 11.6 Å². The van der Waals surface area contributed by atoms with Gasteiger partial charge in [0.15, 0.2) is 0 Å². The summed E-state index contributed by atoms with van der Waals surface area (Å²) in [5.74, 6) is 1.66. The maximum absolute atomic E-state index is 9.04. The highest BCUT2D eigenvalue weighted by Crippen LogP contribution is 2.23. The highest BCUT2D eigenvalue weighted by atomic mass is 35.5. The van der Waals surface area contributed by atoms with Gasteiger partial charge in [-0.15, -0.1) is 0 Å². The molecule has 128 valence electrons. The first-order valence-corrected chi connectivity index (χ1v) is 8.91. The zero-order valence-electron chi connectivity index (χ0n) is 13.8. The quantitative estimate of drug-likeness (QED) is 0.707. The van der Waals surface area contributed by atoms with Gasteiger partial charge in [-0.05, 0) is 36.4 Å². The molecule has 2 aromatic carbocycles. The maximum Gasteiger partial charge on any atom is 0.127 e. The van der Waals surface area contributed by atoms with E-state index in [1.165, 1.54) is 10.5 Å². The van der Waals surface area contributed by atoms with E-state index in [1.54, 1.807) is 4.90 Å². The van der Waals surface area contributed by atoms with Crippen LogP contribution in [0.5, 0.6) is 11.5 Å². The van der Waals surface area contributed by atoms with Crippen molar-refractivity contribution in [3.63, 3.8) is 0 Å². The first-order valence-electron chi connectivity index (χ1n) is 8.53. The number of halogens is 1. The van der Waals surface area contributed by atoms with Gasteiger partial charge in [0.25, 0.3) is 0 Å². The summed E-state index contributed by atoms with van der Waals surface area (Å²) in [7, 11) is 0. The third-order valence-corrected chi connectivity index (χ3v) is 4.78. The first kappa shape index (κ1) is 17.2. The highest BCUT2D eigenvalue weighted by molar-refractivity contribution is 6.30. The molecule has 1 heterocycles. The van der Waals surface area contributed by atoms with Gasteiger partial charge in [0, 0.05) is 10.6 Å². The lowest BCUT2D eigenvalue weighted by Gasteiger charge is -2.29. The molecule has 0 unspecified atom stereocenters. The third-order valence-electron chi connectivity index (χ3n) is 4.53. The van der Waals surface area contributed by atoms with E-state index in [1.807, 2.05) is 36.4 Å². The van der Waals surface area contributed by atoms with Gasteiger partial charge in [-0.25, -0.2) is 0 Å². The van der Waals surface area contributed by atoms with Crippen LogP contribution in [0.2, 0.25) is 5.02 Å². The van der Waals surface area contributed by atoms with Crippen molar-refractivity contribution in [3.8, 4) is 11.5 Å². The topological polar surface area (TPSA) is 38.3 Å². The second kappa shape index (κ2) is 8.49. The number of piperazine rings is 1. The second-order valence-corrected chi connectivity index (χ2v) is 6.79. The van der Waals surface area contributed by atoms with Crippen LogP contribution < -0.4 is 14.5 Å². The van der Waals surface area contributed by atoms with Gasteiger partial charge in [-0.3, -0.25) is 0 Å². The summed E-state index contributed by atoms with van der Waals surface area (Å²) in [6.45, 7) is 6.75. The Labute approximate surface area is 148 Å². The molecule has 5 heteroatoms. The van der Waals surface area contributed by atoms with Gasteiger partial charge in [0.2, 0.25) is 0 Å². The van der Waals surface area contributed by atoms with Gasteiger partial charge in [-0.1, -0.05) is 23.7 Å². The molecule has 1 fully saturated rings. The summed E-state index contributed by atoms with van der Waals surface area (Å²) in [6, 6.07) is 15.7. The maximum atomic E-state index is 9.04. The molecule has 0 atom stereocenters. The Hall–Kier alpha value is -1.59. The summed E-state index contributed by atoms with van der Waals surface area (Å²) < 4.78 is 5.91. The number of quaternary nitrogens is 2. The fourth-order valence-corrected chi connectivity index (χ4v) is 3.31. The van der Waals surface area contributed by atoms with Crippen molar-refractivity contribution in [3.05, 3.63) is 59.1 Å². The Kier molecular flexibility index (Phi) is 6.10. The van der Waals surface area contributed by atoms with Crippen LogP contribution >= 0.6 is 11.6 Å². The molecule has 24 heavy (non-hydrogen) atoms. The molecule has 2 aromatic rings. The molecule has 1 saturated heterocycles. The van der Waals surface area contributed by atoms with Crippen LogP contribution in [-0.4, -0.2) is 44.4 Å². The Bertz CT molecular complexity index is 640. The number of aliphatic hydroxyl groups excluding tert-OH is 1. The van der Waals surface area contributed by atoms with E-state index in [9.17, 15) is 0 Å². The number of aliphatic hydroxyl groups is 1. The molecule has 0 bridgehead atoms. The Balaban J connectivity index is 1.56. The average molecular weight is 349 g/mol. The van der Waals surface area contributed by atoms with Crippen LogP contribution in [0.25, 0.3) is 0 Å². The molecule has 0 amide bonds. The number of hydrogen-bond donors (Lipinski definition) is 3. The van der Waals surface area contributed by atoms with Crippen LogP contribution in [0, 0.1) is 0 Å². The van der Waals surface area contributed by atoms with Gasteiger partial charge >= 0.3 is 0 Å². The second-order valence-electron chi connectivity index (χ2n) is 6.35. The number of rotatable bonds is 6. The van der Waals surface area contributed by atoms with Crippen molar-refractivity contribution in [2.45, 2.75) is 6.54 Å². The van der Waals surface area contributed by atoms with E-state index in [2.05, 4.69) is 12.1 Å². The smallest absolute Gasteiger partial charge is 0.127 e. The standard InChI is InChI=1S/C19H23ClN2O2/c20-17-4-6-18(7-5-17)24-19-3-1-2-16(14-19)15-22-10-8-21(9-11-22)12-13-23/h1-7,14,23H,8-13,15H2/p+2. The molecular formula is C19H25ClN2O2+2. The SMILES string of the molecule is OCC[NH+]1CC[NH+](Cc2cccc(Oc3ccc(Cl)cc3)c2)CC1. The highest BCUT2D eigenvalue weighted by Gasteiger charge is 2.22. The predicted molar refractivity (Wildman–Crippen MR) is 95.0 cm³/mol. The molecule has 0 aromatic heterocycles. The minimum atomic E-state index is 0.286. The monoisotopic (exact) mass is 348 g/mol. The number of nitrogens with one attached hydrogen (secondary N) is 2. The van der Waals surface area contributed by atoms with Crippen LogP contribution in [0.15, 0.2) is 48.5 Å². The normalized spacial score (nSPS) is 20.8. The van der Waals surface area contributed by atoms with E-state index in [0.29, 0.717) is 5.02 Å². The van der Waals surface area contributed by atoms with E-state index >= 15 is 0 Å². The van der Waals surface area contributed by atoms with Gasteiger partial charge in [0.1, 0.15) is 50.8 Å². The molecule has 0 aliphatic carbocycles. The molecule has 3 rings (SSSR count).